The first-order chi connectivity index (χ1) is 9.63. The number of hydrogen-bond acceptors (Lipinski definition) is 4. The molecule has 0 aliphatic heterocycles. The van der Waals surface area contributed by atoms with E-state index in [0.29, 0.717) is 27.8 Å². The molecule has 0 aliphatic carbocycles. The molecule has 0 radical (unpaired) electrons. The Labute approximate surface area is 128 Å². The summed E-state index contributed by atoms with van der Waals surface area (Å²) in [7, 11) is 0. The standard InChI is InChI=1S/C14H17Cl2N3O/c1-3-10(17-4-2)8-13-18-14(19-20-13)9-5-6-11(15)12(16)7-9/h5-7,10,17H,3-4,8H2,1-2H3. The summed E-state index contributed by atoms with van der Waals surface area (Å²) in [5.74, 6) is 1.16. The maximum atomic E-state index is 5.99. The smallest absolute Gasteiger partial charge is 0.228 e. The monoisotopic (exact) mass is 313 g/mol. The molecular weight excluding hydrogens is 297 g/mol. The average Bonchev–Trinajstić information content (AvgIpc) is 2.90. The maximum absolute atomic E-state index is 5.99. The molecule has 1 N–H and O–H groups in total. The third-order valence-corrected chi connectivity index (χ3v) is 3.79. The lowest BCUT2D eigenvalue weighted by molar-refractivity contribution is 0.355. The molecule has 0 amide bonds. The summed E-state index contributed by atoms with van der Waals surface area (Å²) in [4.78, 5) is 4.40. The van der Waals surface area contributed by atoms with E-state index in [1.807, 2.05) is 6.07 Å². The van der Waals surface area contributed by atoms with Crippen molar-refractivity contribution >= 4 is 23.2 Å². The van der Waals surface area contributed by atoms with E-state index in [4.69, 9.17) is 27.7 Å². The number of rotatable bonds is 6. The van der Waals surface area contributed by atoms with Gasteiger partial charge in [-0.25, -0.2) is 0 Å². The van der Waals surface area contributed by atoms with E-state index in [-0.39, 0.29) is 0 Å². The first-order valence-corrected chi connectivity index (χ1v) is 7.41. The van der Waals surface area contributed by atoms with Crippen LogP contribution in [0.1, 0.15) is 26.2 Å². The summed E-state index contributed by atoms with van der Waals surface area (Å²) in [6.45, 7) is 5.13. The zero-order chi connectivity index (χ0) is 14.5. The van der Waals surface area contributed by atoms with Gasteiger partial charge in [-0.3, -0.25) is 0 Å². The molecule has 1 atom stereocenters. The van der Waals surface area contributed by atoms with E-state index < -0.39 is 0 Å². The van der Waals surface area contributed by atoms with Gasteiger partial charge in [0.2, 0.25) is 11.7 Å². The molecule has 2 aromatic rings. The van der Waals surface area contributed by atoms with Gasteiger partial charge >= 0.3 is 0 Å². The molecule has 4 nitrogen and oxygen atoms in total. The lowest BCUT2D eigenvalue weighted by Gasteiger charge is -2.12. The predicted octanol–water partition coefficient (Wildman–Crippen LogP) is 3.97. The van der Waals surface area contributed by atoms with Gasteiger partial charge in [0.15, 0.2) is 0 Å². The third kappa shape index (κ3) is 3.72. The molecule has 0 spiro atoms. The second-order valence-electron chi connectivity index (χ2n) is 4.51. The van der Waals surface area contributed by atoms with E-state index in [2.05, 4.69) is 29.3 Å². The first-order valence-electron chi connectivity index (χ1n) is 6.65. The van der Waals surface area contributed by atoms with Crippen LogP contribution in [0.5, 0.6) is 0 Å². The Balaban J connectivity index is 2.13. The highest BCUT2D eigenvalue weighted by molar-refractivity contribution is 6.42. The van der Waals surface area contributed by atoms with Crippen LogP contribution >= 0.6 is 23.2 Å². The second kappa shape index (κ2) is 7.07. The molecule has 6 heteroatoms. The van der Waals surface area contributed by atoms with Crippen molar-refractivity contribution in [1.82, 2.24) is 15.5 Å². The number of nitrogens with zero attached hydrogens (tertiary/aromatic N) is 2. The van der Waals surface area contributed by atoms with Gasteiger partial charge in [0.1, 0.15) is 0 Å². The Hall–Kier alpha value is -1.10. The first kappa shape index (κ1) is 15.3. The highest BCUT2D eigenvalue weighted by Crippen LogP contribution is 2.27. The van der Waals surface area contributed by atoms with E-state index in [0.717, 1.165) is 24.9 Å². The van der Waals surface area contributed by atoms with Crippen molar-refractivity contribution in [3.05, 3.63) is 34.1 Å². The van der Waals surface area contributed by atoms with Crippen LogP contribution in [0.3, 0.4) is 0 Å². The zero-order valence-corrected chi connectivity index (χ0v) is 13.0. The van der Waals surface area contributed by atoms with E-state index in [9.17, 15) is 0 Å². The van der Waals surface area contributed by atoms with E-state index in [1.54, 1.807) is 12.1 Å². The van der Waals surface area contributed by atoms with Crippen LogP contribution in [0.2, 0.25) is 10.0 Å². The molecule has 1 aromatic heterocycles. The highest BCUT2D eigenvalue weighted by Gasteiger charge is 2.14. The van der Waals surface area contributed by atoms with Crippen molar-refractivity contribution in [2.75, 3.05) is 6.54 Å². The molecule has 1 unspecified atom stereocenters. The average molecular weight is 314 g/mol. The zero-order valence-electron chi connectivity index (χ0n) is 11.5. The van der Waals surface area contributed by atoms with Crippen LogP contribution in [0.25, 0.3) is 11.4 Å². The van der Waals surface area contributed by atoms with Gasteiger partial charge in [-0.15, -0.1) is 0 Å². The van der Waals surface area contributed by atoms with Crippen molar-refractivity contribution in [2.45, 2.75) is 32.7 Å². The summed E-state index contributed by atoms with van der Waals surface area (Å²) in [6, 6.07) is 5.63. The number of likely N-dealkylation sites (N-methyl/N-ethyl adjacent to an activating group) is 1. The molecule has 1 aromatic carbocycles. The van der Waals surface area contributed by atoms with Gasteiger partial charge in [0, 0.05) is 18.0 Å². The Morgan fingerprint density at radius 3 is 2.70 bits per heavy atom. The van der Waals surface area contributed by atoms with Gasteiger partial charge in [0.05, 0.1) is 10.0 Å². The Morgan fingerprint density at radius 1 is 1.25 bits per heavy atom. The van der Waals surface area contributed by atoms with Gasteiger partial charge in [-0.2, -0.15) is 4.98 Å². The molecule has 0 aliphatic rings. The summed E-state index contributed by atoms with van der Waals surface area (Å²) < 4.78 is 5.29. The summed E-state index contributed by atoms with van der Waals surface area (Å²) >= 11 is 11.9. The summed E-state index contributed by atoms with van der Waals surface area (Å²) in [5, 5.41) is 8.36. The number of benzene rings is 1. The number of nitrogens with one attached hydrogen (secondary N) is 1. The largest absolute Gasteiger partial charge is 0.339 e. The third-order valence-electron chi connectivity index (χ3n) is 3.05. The minimum absolute atomic E-state index is 0.349. The molecular formula is C14H17Cl2N3O. The van der Waals surface area contributed by atoms with E-state index in [1.165, 1.54) is 0 Å². The normalized spacial score (nSPS) is 12.6. The van der Waals surface area contributed by atoms with Crippen LogP contribution in [0.15, 0.2) is 22.7 Å². The number of aromatic nitrogens is 2. The van der Waals surface area contributed by atoms with Gasteiger partial charge in [0.25, 0.3) is 0 Å². The Morgan fingerprint density at radius 2 is 2.05 bits per heavy atom. The molecule has 0 fully saturated rings. The minimum Gasteiger partial charge on any atom is -0.339 e. The SMILES string of the molecule is CCNC(CC)Cc1nc(-c2ccc(Cl)c(Cl)c2)no1. The Kier molecular flexibility index (Phi) is 5.40. The van der Waals surface area contributed by atoms with Crippen LogP contribution in [0.4, 0.5) is 0 Å². The predicted molar refractivity (Wildman–Crippen MR) is 81.2 cm³/mol. The van der Waals surface area contributed by atoms with Crippen LogP contribution in [-0.4, -0.2) is 22.7 Å². The van der Waals surface area contributed by atoms with E-state index >= 15 is 0 Å². The van der Waals surface area contributed by atoms with Gasteiger partial charge in [-0.05, 0) is 31.2 Å². The fourth-order valence-corrected chi connectivity index (χ4v) is 2.25. The highest BCUT2D eigenvalue weighted by atomic mass is 35.5. The molecule has 20 heavy (non-hydrogen) atoms. The van der Waals surface area contributed by atoms with Crippen molar-refractivity contribution in [3.8, 4) is 11.4 Å². The fraction of sp³-hybridized carbons (Fsp3) is 0.429. The summed E-state index contributed by atoms with van der Waals surface area (Å²) in [5.41, 5.74) is 0.797. The fourth-order valence-electron chi connectivity index (χ4n) is 1.95. The molecule has 0 saturated carbocycles. The Bertz CT molecular complexity index is 571. The molecule has 2 rings (SSSR count). The van der Waals surface area contributed by atoms with Crippen molar-refractivity contribution in [1.29, 1.82) is 0 Å². The van der Waals surface area contributed by atoms with Crippen molar-refractivity contribution < 1.29 is 4.52 Å². The summed E-state index contributed by atoms with van der Waals surface area (Å²) in [6.07, 6.45) is 1.73. The minimum atomic E-state index is 0.349. The van der Waals surface area contributed by atoms with Crippen LogP contribution in [0, 0.1) is 0 Å². The quantitative estimate of drug-likeness (QED) is 0.876. The lowest BCUT2D eigenvalue weighted by atomic mass is 10.1. The lowest BCUT2D eigenvalue weighted by Crippen LogP contribution is -2.30. The second-order valence-corrected chi connectivity index (χ2v) is 5.32. The van der Waals surface area contributed by atoms with Crippen LogP contribution < -0.4 is 5.32 Å². The topological polar surface area (TPSA) is 51.0 Å². The molecule has 0 bridgehead atoms. The van der Waals surface area contributed by atoms with Crippen molar-refractivity contribution in [2.24, 2.45) is 0 Å². The number of hydrogen-bond donors (Lipinski definition) is 1. The molecule has 1 heterocycles. The van der Waals surface area contributed by atoms with Crippen molar-refractivity contribution in [3.63, 3.8) is 0 Å². The number of halogens is 2. The molecule has 0 saturated heterocycles. The van der Waals surface area contributed by atoms with Crippen LogP contribution in [-0.2, 0) is 6.42 Å². The maximum Gasteiger partial charge on any atom is 0.228 e. The molecule has 108 valence electrons. The van der Waals surface area contributed by atoms with Gasteiger partial charge in [-0.1, -0.05) is 42.2 Å². The van der Waals surface area contributed by atoms with Gasteiger partial charge < -0.3 is 9.84 Å².